The van der Waals surface area contributed by atoms with Gasteiger partial charge in [-0.2, -0.15) is 0 Å². The zero-order valence-corrected chi connectivity index (χ0v) is 16.4. The van der Waals surface area contributed by atoms with Gasteiger partial charge in [-0.05, 0) is 48.7 Å². The number of nitrogens with one attached hydrogen (secondary N) is 2. The summed E-state index contributed by atoms with van der Waals surface area (Å²) in [5.41, 5.74) is 2.49. The molecule has 1 fully saturated rings. The molecule has 2 aromatic rings. The second-order valence-corrected chi connectivity index (χ2v) is 7.73. The highest BCUT2D eigenvalue weighted by atomic mass is 79.9. The van der Waals surface area contributed by atoms with Crippen LogP contribution < -0.4 is 10.6 Å². The van der Waals surface area contributed by atoms with Crippen LogP contribution in [0.15, 0.2) is 53.0 Å². The molecule has 0 atom stereocenters. The molecule has 1 aliphatic carbocycles. The van der Waals surface area contributed by atoms with E-state index in [1.54, 1.807) is 31.2 Å². The molecule has 26 heavy (non-hydrogen) atoms. The molecule has 3 rings (SSSR count). The number of hydrogen-bond acceptors (Lipinski definition) is 2. The molecule has 0 unspecified atom stereocenters. The van der Waals surface area contributed by atoms with Crippen LogP contribution in [0.4, 0.5) is 5.69 Å². The van der Waals surface area contributed by atoms with Crippen LogP contribution in [0, 0.1) is 0 Å². The molecule has 1 aliphatic rings. The highest BCUT2D eigenvalue weighted by molar-refractivity contribution is 9.10. The Morgan fingerprint density at radius 2 is 1.88 bits per heavy atom. The molecule has 0 saturated heterocycles. The molecule has 5 heteroatoms. The van der Waals surface area contributed by atoms with Crippen molar-refractivity contribution in [2.45, 2.75) is 38.0 Å². The number of benzene rings is 2. The molecule has 0 aromatic heterocycles. The molecular formula is C21H23BrN2O2. The molecule has 0 spiro atoms. The van der Waals surface area contributed by atoms with Crippen molar-refractivity contribution in [2.24, 2.45) is 0 Å². The molecule has 1 saturated carbocycles. The Bertz CT molecular complexity index is 815. The van der Waals surface area contributed by atoms with Gasteiger partial charge in [-0.25, -0.2) is 0 Å². The van der Waals surface area contributed by atoms with Crippen molar-refractivity contribution in [3.8, 4) is 0 Å². The van der Waals surface area contributed by atoms with E-state index in [1.165, 1.54) is 12.0 Å². The van der Waals surface area contributed by atoms with Crippen molar-refractivity contribution in [1.82, 2.24) is 5.32 Å². The van der Waals surface area contributed by atoms with Gasteiger partial charge in [-0.15, -0.1) is 0 Å². The Morgan fingerprint density at radius 3 is 2.54 bits per heavy atom. The normalized spacial score (nSPS) is 15.0. The fourth-order valence-corrected chi connectivity index (χ4v) is 3.73. The lowest BCUT2D eigenvalue weighted by Gasteiger charge is -2.42. The zero-order valence-electron chi connectivity index (χ0n) is 14.8. The Kier molecular flexibility index (Phi) is 5.77. The summed E-state index contributed by atoms with van der Waals surface area (Å²) in [6.45, 7) is 2.42. The van der Waals surface area contributed by atoms with Gasteiger partial charge in [0.25, 0.3) is 5.91 Å². The minimum atomic E-state index is -0.112. The summed E-state index contributed by atoms with van der Waals surface area (Å²) in [4.78, 5) is 24.1. The molecule has 2 amide bonds. The predicted molar refractivity (Wildman–Crippen MR) is 107 cm³/mol. The van der Waals surface area contributed by atoms with Crippen LogP contribution >= 0.6 is 15.9 Å². The number of carbonyl (C=O) groups is 2. The minimum absolute atomic E-state index is 0.0213. The van der Waals surface area contributed by atoms with E-state index in [9.17, 15) is 9.59 Å². The zero-order chi connectivity index (χ0) is 18.6. The molecule has 2 aromatic carbocycles. The molecule has 0 radical (unpaired) electrons. The molecule has 2 N–H and O–H groups in total. The van der Waals surface area contributed by atoms with Crippen molar-refractivity contribution in [3.63, 3.8) is 0 Å². The number of amides is 2. The second-order valence-electron chi connectivity index (χ2n) is 6.81. The molecule has 0 heterocycles. The summed E-state index contributed by atoms with van der Waals surface area (Å²) in [5, 5.41) is 5.88. The first-order valence-corrected chi connectivity index (χ1v) is 9.76. The molecule has 0 bridgehead atoms. The smallest absolute Gasteiger partial charge is 0.251 e. The van der Waals surface area contributed by atoms with Crippen LogP contribution in [-0.2, 0) is 10.2 Å². The number of carbonyl (C=O) groups excluding carboxylic acids is 2. The lowest BCUT2D eigenvalue weighted by Crippen LogP contribution is -2.45. The predicted octanol–water partition coefficient (Wildman–Crippen LogP) is 4.65. The van der Waals surface area contributed by atoms with Crippen LogP contribution in [0.5, 0.6) is 0 Å². The highest BCUT2D eigenvalue weighted by Gasteiger charge is 2.39. The van der Waals surface area contributed by atoms with E-state index in [4.69, 9.17) is 0 Å². The van der Waals surface area contributed by atoms with Crippen molar-refractivity contribution < 1.29 is 9.59 Å². The van der Waals surface area contributed by atoms with Gasteiger partial charge in [0.1, 0.15) is 0 Å². The first kappa shape index (κ1) is 18.6. The maximum Gasteiger partial charge on any atom is 0.251 e. The SMILES string of the molecule is CCC(=O)Nc1cccc(C(=O)NCC2(c3cccc(Br)c3)CCC2)c1. The maximum atomic E-state index is 12.6. The van der Waals surface area contributed by atoms with Crippen molar-refractivity contribution in [1.29, 1.82) is 0 Å². The van der Waals surface area contributed by atoms with Gasteiger partial charge in [0.15, 0.2) is 0 Å². The fraction of sp³-hybridized carbons (Fsp3) is 0.333. The van der Waals surface area contributed by atoms with Crippen LogP contribution in [0.2, 0.25) is 0 Å². The molecule has 136 valence electrons. The Hall–Kier alpha value is -2.14. The second kappa shape index (κ2) is 8.04. The van der Waals surface area contributed by atoms with E-state index in [0.29, 0.717) is 24.2 Å². The van der Waals surface area contributed by atoms with E-state index in [0.717, 1.165) is 17.3 Å². The van der Waals surface area contributed by atoms with E-state index in [1.807, 2.05) is 12.1 Å². The Morgan fingerprint density at radius 1 is 1.12 bits per heavy atom. The molecule has 4 nitrogen and oxygen atoms in total. The molecule has 0 aliphatic heterocycles. The van der Waals surface area contributed by atoms with Gasteiger partial charge >= 0.3 is 0 Å². The van der Waals surface area contributed by atoms with Crippen LogP contribution in [0.3, 0.4) is 0 Å². The van der Waals surface area contributed by atoms with Gasteiger partial charge in [0.2, 0.25) is 5.91 Å². The summed E-state index contributed by atoms with van der Waals surface area (Å²) >= 11 is 3.54. The average molecular weight is 415 g/mol. The third-order valence-corrected chi connectivity index (χ3v) is 5.56. The first-order chi connectivity index (χ1) is 12.5. The minimum Gasteiger partial charge on any atom is -0.351 e. The van der Waals surface area contributed by atoms with E-state index < -0.39 is 0 Å². The van der Waals surface area contributed by atoms with Crippen molar-refractivity contribution in [3.05, 3.63) is 64.1 Å². The summed E-state index contributed by atoms with van der Waals surface area (Å²) in [7, 11) is 0. The number of hydrogen-bond donors (Lipinski definition) is 2. The summed E-state index contributed by atoms with van der Waals surface area (Å²) in [6, 6.07) is 15.4. The maximum absolute atomic E-state index is 12.6. The highest BCUT2D eigenvalue weighted by Crippen LogP contribution is 2.43. The topological polar surface area (TPSA) is 58.2 Å². The lowest BCUT2D eigenvalue weighted by atomic mass is 9.64. The standard InChI is InChI=1S/C21H23BrN2O2/c1-2-19(25)24-18-9-3-6-15(12-18)20(26)23-14-21(10-5-11-21)16-7-4-8-17(22)13-16/h3-4,6-9,12-13H,2,5,10-11,14H2,1H3,(H,23,26)(H,24,25). The monoisotopic (exact) mass is 414 g/mol. The van der Waals surface area contributed by atoms with Crippen molar-refractivity contribution in [2.75, 3.05) is 11.9 Å². The Balaban J connectivity index is 1.68. The quantitative estimate of drug-likeness (QED) is 0.722. The van der Waals surface area contributed by atoms with Gasteiger partial charge in [-0.1, -0.05) is 47.5 Å². The van der Waals surface area contributed by atoms with Crippen LogP contribution in [0.1, 0.15) is 48.5 Å². The number of halogens is 1. The third kappa shape index (κ3) is 4.15. The van der Waals surface area contributed by atoms with Gasteiger partial charge in [0.05, 0.1) is 0 Å². The number of anilines is 1. The van der Waals surface area contributed by atoms with E-state index in [2.05, 4.69) is 38.7 Å². The summed E-state index contributed by atoms with van der Waals surface area (Å²) < 4.78 is 1.06. The van der Waals surface area contributed by atoms with Gasteiger partial charge in [0, 0.05) is 34.1 Å². The third-order valence-electron chi connectivity index (χ3n) is 5.06. The average Bonchev–Trinajstić information content (AvgIpc) is 2.61. The van der Waals surface area contributed by atoms with Crippen LogP contribution in [0.25, 0.3) is 0 Å². The largest absolute Gasteiger partial charge is 0.351 e. The Labute approximate surface area is 162 Å². The first-order valence-electron chi connectivity index (χ1n) is 8.96. The summed E-state index contributed by atoms with van der Waals surface area (Å²) in [5.74, 6) is -0.176. The lowest BCUT2D eigenvalue weighted by molar-refractivity contribution is -0.115. The number of rotatable bonds is 6. The summed E-state index contributed by atoms with van der Waals surface area (Å²) in [6.07, 6.45) is 3.75. The molecular weight excluding hydrogens is 392 g/mol. The van der Waals surface area contributed by atoms with Crippen LogP contribution in [-0.4, -0.2) is 18.4 Å². The van der Waals surface area contributed by atoms with Gasteiger partial charge < -0.3 is 10.6 Å². The fourth-order valence-electron chi connectivity index (χ4n) is 3.33. The van der Waals surface area contributed by atoms with E-state index in [-0.39, 0.29) is 17.2 Å². The van der Waals surface area contributed by atoms with E-state index >= 15 is 0 Å². The van der Waals surface area contributed by atoms with Gasteiger partial charge in [-0.3, -0.25) is 9.59 Å². The van der Waals surface area contributed by atoms with Crippen molar-refractivity contribution >= 4 is 33.4 Å².